The number of rotatable bonds is 21. The molecule has 6 aromatic carbocycles. The molecule has 0 aromatic heterocycles. The highest BCUT2D eigenvalue weighted by Gasteiger charge is 2.79. The fraction of sp³-hybridized carbons (Fsp3) is 0.361. The van der Waals surface area contributed by atoms with Gasteiger partial charge in [0.2, 0.25) is 12.0 Å². The average Bonchev–Trinajstić information content (AvgIpc) is 0.669. The number of hydrogen-bond donors (Lipinski definition) is 4. The van der Waals surface area contributed by atoms with E-state index in [2.05, 4.69) is 10.6 Å². The standard InChI is InChI=1S/C72H72N2O19/c1-41-52(89-68(85)61(91-57(80)37-45-24-13-8-14-25-45)59(47-27-15-9-16-28-47)74-66(83)51(34-35-55(77)78)73-65(82)50-33-21-31-46-26-19-20-32-49(46)50)39-72(86)64(92-67(84)48-29-17-10-18-30-48)62-70(6,63(81)60(88-42(2)75)58(41)69(72,4)5)53(38-54-71(62,40-87-54)93-43(3)76)90-56(79)36-44-22-11-7-12-23-44/h7-33,51-54,59-62,64,86H,34-40H2,1-6H3,(H,73,82)(H,74,83)(H,77,78)/t51-,52+,53+,54-,59+,60-,61-,62+,64+,70-,71+,72-/m1/s1. The van der Waals surface area contributed by atoms with E-state index >= 15 is 14.4 Å². The normalized spacial score (nSPS) is 25.2. The summed E-state index contributed by atoms with van der Waals surface area (Å²) in [7, 11) is 0. The summed E-state index contributed by atoms with van der Waals surface area (Å²) >= 11 is 0. The van der Waals surface area contributed by atoms with Crippen LogP contribution in [0.5, 0.6) is 0 Å². The molecular weight excluding hydrogens is 1200 g/mol. The number of amides is 2. The maximum atomic E-state index is 16.6. The van der Waals surface area contributed by atoms with Crippen LogP contribution >= 0.6 is 0 Å². The van der Waals surface area contributed by atoms with E-state index in [-0.39, 0.29) is 40.7 Å². The Labute approximate surface area is 536 Å². The number of nitrogens with one attached hydrogen (secondary N) is 2. The van der Waals surface area contributed by atoms with Crippen molar-refractivity contribution in [3.05, 3.63) is 203 Å². The minimum Gasteiger partial charge on any atom is -0.481 e. The lowest BCUT2D eigenvalue weighted by Gasteiger charge is -2.67. The Morgan fingerprint density at radius 2 is 1.27 bits per heavy atom. The zero-order valence-corrected chi connectivity index (χ0v) is 52.1. The van der Waals surface area contributed by atoms with Crippen LogP contribution < -0.4 is 10.6 Å². The number of ketones is 1. The second kappa shape index (κ2) is 27.1. The van der Waals surface area contributed by atoms with Gasteiger partial charge in [0.1, 0.15) is 42.1 Å². The van der Waals surface area contributed by atoms with E-state index in [1.807, 2.05) is 0 Å². The molecule has 21 heteroatoms. The van der Waals surface area contributed by atoms with Crippen LogP contribution in [-0.4, -0.2) is 130 Å². The second-order valence-corrected chi connectivity index (χ2v) is 24.8. The van der Waals surface area contributed by atoms with Crippen molar-refractivity contribution in [3.8, 4) is 0 Å². The zero-order chi connectivity index (χ0) is 66.6. The molecule has 0 unspecified atom stereocenters. The van der Waals surface area contributed by atoms with Gasteiger partial charge in [-0.3, -0.25) is 38.4 Å². The molecule has 2 saturated carbocycles. The smallest absolute Gasteiger partial charge is 0.350 e. The summed E-state index contributed by atoms with van der Waals surface area (Å²) in [4.78, 5) is 145. The first-order valence-electron chi connectivity index (χ1n) is 30.6. The predicted octanol–water partition coefficient (Wildman–Crippen LogP) is 7.83. The first-order chi connectivity index (χ1) is 44.4. The lowest BCUT2D eigenvalue weighted by molar-refractivity contribution is -0.346. The van der Waals surface area contributed by atoms with Crippen molar-refractivity contribution in [1.29, 1.82) is 0 Å². The number of aliphatic carboxylic acids is 1. The van der Waals surface area contributed by atoms with E-state index in [9.17, 15) is 43.8 Å². The molecule has 3 aliphatic carbocycles. The van der Waals surface area contributed by atoms with Crippen molar-refractivity contribution in [1.82, 2.24) is 10.6 Å². The van der Waals surface area contributed by atoms with E-state index in [4.69, 9.17) is 33.2 Å². The topological polar surface area (TPSA) is 300 Å². The SMILES string of the molecule is CC(=O)O[C@H]1C(=O)[C@]2(C)[C@@H](OC(=O)Cc3ccccc3)C[C@H]3OC[C@@]3(OC(C)=O)[C@H]2[C@H](OC(=O)c2ccccc2)[C@]2(O)C[C@H](OC(=O)[C@H](OC(=O)Cc3ccccc3)[C@@H](NC(=O)[C@@H](CCC(=O)O)NC(=O)c3cccc4ccccc34)c3ccccc3)C(C)=C1C2(C)C. The van der Waals surface area contributed by atoms with E-state index in [1.54, 1.807) is 140 Å². The van der Waals surface area contributed by atoms with E-state index in [1.165, 1.54) is 52.0 Å². The predicted molar refractivity (Wildman–Crippen MR) is 332 cm³/mol. The minimum absolute atomic E-state index is 0.0189. The number of carbonyl (C=O) groups is 10. The molecule has 1 heterocycles. The second-order valence-electron chi connectivity index (χ2n) is 24.8. The third-order valence-corrected chi connectivity index (χ3v) is 18.6. The number of carbonyl (C=O) groups excluding carboxylic acids is 9. The van der Waals surface area contributed by atoms with Crippen LogP contribution in [0.25, 0.3) is 10.8 Å². The van der Waals surface area contributed by atoms with Crippen LogP contribution in [0.4, 0.5) is 0 Å². The summed E-state index contributed by atoms with van der Waals surface area (Å²) in [6, 6.07) is 41.2. The Kier molecular flexibility index (Phi) is 19.3. The van der Waals surface area contributed by atoms with E-state index in [0.717, 1.165) is 13.8 Å². The summed E-state index contributed by atoms with van der Waals surface area (Å²) in [6.07, 6.45) is -13.4. The Balaban J connectivity index is 1.11. The first kappa shape index (κ1) is 66.1. The lowest BCUT2D eigenvalue weighted by atomic mass is 9.44. The molecule has 0 radical (unpaired) electrons. The molecule has 3 fully saturated rings. The first-order valence-corrected chi connectivity index (χ1v) is 30.6. The molecule has 1 aliphatic heterocycles. The van der Waals surface area contributed by atoms with Gasteiger partial charge in [-0.25, -0.2) is 9.59 Å². The minimum atomic E-state index is -2.63. The summed E-state index contributed by atoms with van der Waals surface area (Å²) in [5.41, 5.74) is -7.47. The van der Waals surface area contributed by atoms with Gasteiger partial charge in [0.15, 0.2) is 17.5 Å². The van der Waals surface area contributed by atoms with Crippen LogP contribution in [0.15, 0.2) is 175 Å². The summed E-state index contributed by atoms with van der Waals surface area (Å²) < 4.78 is 44.4. The van der Waals surface area contributed by atoms with Gasteiger partial charge in [-0.05, 0) is 77.1 Å². The molecular formula is C72H72N2O19. The molecule has 4 aliphatic rings. The Morgan fingerprint density at radius 1 is 0.677 bits per heavy atom. The monoisotopic (exact) mass is 1270 g/mol. The number of fused-ring (bicyclic) bond motifs is 6. The molecule has 93 heavy (non-hydrogen) atoms. The van der Waals surface area contributed by atoms with Crippen molar-refractivity contribution in [2.75, 3.05) is 6.61 Å². The van der Waals surface area contributed by atoms with Crippen LogP contribution in [0.2, 0.25) is 0 Å². The van der Waals surface area contributed by atoms with Crippen molar-refractivity contribution in [2.24, 2.45) is 16.7 Å². The summed E-state index contributed by atoms with van der Waals surface area (Å²) in [5, 5.41) is 31.1. The van der Waals surface area contributed by atoms with Gasteiger partial charge in [-0.2, -0.15) is 0 Å². The van der Waals surface area contributed by atoms with Gasteiger partial charge in [0, 0.05) is 44.1 Å². The molecule has 4 N–H and O–H groups in total. The van der Waals surface area contributed by atoms with Crippen molar-refractivity contribution in [3.63, 3.8) is 0 Å². The van der Waals surface area contributed by atoms with E-state index < -0.39 is 168 Å². The number of carboxylic acids is 1. The molecule has 6 aromatic rings. The van der Waals surface area contributed by atoms with Crippen LogP contribution in [0.3, 0.4) is 0 Å². The Bertz CT molecular complexity index is 3890. The molecule has 2 bridgehead atoms. The number of esters is 6. The number of aliphatic hydroxyl groups is 1. The highest BCUT2D eigenvalue weighted by Crippen LogP contribution is 2.65. The number of carboxylic acid groups (broad SMARTS) is 1. The molecule has 0 spiro atoms. The number of Topliss-reactive ketones (excluding diaryl/α,β-unsaturated/α-hetero) is 1. The lowest BCUT2D eigenvalue weighted by Crippen LogP contribution is -2.82. The van der Waals surface area contributed by atoms with Crippen molar-refractivity contribution >= 4 is 70.2 Å². The van der Waals surface area contributed by atoms with Gasteiger partial charge in [0.05, 0.1) is 36.3 Å². The fourth-order valence-electron chi connectivity index (χ4n) is 14.0. The quantitative estimate of drug-likeness (QED) is 0.0303. The summed E-state index contributed by atoms with van der Waals surface area (Å²) in [5.74, 6) is -11.8. The highest BCUT2D eigenvalue weighted by molar-refractivity contribution is 6.08. The van der Waals surface area contributed by atoms with Crippen molar-refractivity contribution in [2.45, 2.75) is 140 Å². The van der Waals surface area contributed by atoms with Crippen molar-refractivity contribution < 1.29 is 91.3 Å². The van der Waals surface area contributed by atoms with Crippen LogP contribution in [-0.2, 0) is 84.4 Å². The molecule has 484 valence electrons. The maximum absolute atomic E-state index is 16.6. The largest absolute Gasteiger partial charge is 0.481 e. The fourth-order valence-corrected chi connectivity index (χ4v) is 14.0. The third kappa shape index (κ3) is 13.3. The van der Waals surface area contributed by atoms with Crippen LogP contribution in [0, 0.1) is 16.7 Å². The van der Waals surface area contributed by atoms with Gasteiger partial charge in [-0.1, -0.05) is 159 Å². The van der Waals surface area contributed by atoms with E-state index in [0.29, 0.717) is 21.9 Å². The molecule has 12 atom stereocenters. The summed E-state index contributed by atoms with van der Waals surface area (Å²) in [6.45, 7) is 7.65. The molecule has 10 rings (SSSR count). The van der Waals surface area contributed by atoms with Gasteiger partial charge in [0.25, 0.3) is 5.91 Å². The number of hydrogen-bond acceptors (Lipinski definition) is 18. The molecule has 2 amide bonds. The highest BCUT2D eigenvalue weighted by atomic mass is 16.6. The Morgan fingerprint density at radius 3 is 1.87 bits per heavy atom. The third-order valence-electron chi connectivity index (χ3n) is 18.6. The number of benzene rings is 6. The van der Waals surface area contributed by atoms with Gasteiger partial charge in [-0.15, -0.1) is 0 Å². The average molecular weight is 1270 g/mol. The van der Waals surface area contributed by atoms with Gasteiger partial charge >= 0.3 is 41.8 Å². The Hall–Kier alpha value is -9.86. The maximum Gasteiger partial charge on any atom is 0.350 e. The molecule has 1 saturated heterocycles. The van der Waals surface area contributed by atoms with Gasteiger partial charge < -0.3 is 54.0 Å². The molecule has 21 nitrogen and oxygen atoms in total. The number of ether oxygens (including phenoxy) is 7. The van der Waals surface area contributed by atoms with Crippen LogP contribution in [0.1, 0.15) is 111 Å². The zero-order valence-electron chi connectivity index (χ0n) is 52.1.